The predicted octanol–water partition coefficient (Wildman–Crippen LogP) is 3.89. The van der Waals surface area contributed by atoms with E-state index in [-0.39, 0.29) is 17.3 Å². The number of nitrogens with zero attached hydrogens (tertiary/aromatic N) is 1. The Morgan fingerprint density at radius 3 is 2.55 bits per heavy atom. The first-order valence-electron chi connectivity index (χ1n) is 6.83. The summed E-state index contributed by atoms with van der Waals surface area (Å²) < 4.78 is 13.1. The van der Waals surface area contributed by atoms with Gasteiger partial charge in [0.25, 0.3) is 0 Å². The quantitative estimate of drug-likeness (QED) is 0.902. The number of anilines is 1. The summed E-state index contributed by atoms with van der Waals surface area (Å²) in [7, 11) is 0. The zero-order valence-corrected chi connectivity index (χ0v) is 12.4. The van der Waals surface area contributed by atoms with Crippen LogP contribution in [0.3, 0.4) is 0 Å². The molecule has 0 saturated heterocycles. The fraction of sp³-hybridized carbons (Fsp3) is 0.176. The molecule has 0 bridgehead atoms. The molecule has 0 aliphatic carbocycles. The Morgan fingerprint density at radius 1 is 1.23 bits per heavy atom. The number of nitrogens with one attached hydrogen (secondary N) is 2. The molecule has 1 unspecified atom stereocenters. The summed E-state index contributed by atoms with van der Waals surface area (Å²) in [6.07, 6.45) is 0. The minimum atomic E-state index is -0.518. The molecule has 0 aliphatic rings. The lowest BCUT2D eigenvalue weighted by Crippen LogP contribution is -2.31. The lowest BCUT2D eigenvalue weighted by atomic mass is 10.1. The Bertz CT molecular complexity index is 720. The Labute approximate surface area is 128 Å². The van der Waals surface area contributed by atoms with Crippen LogP contribution in [0, 0.1) is 24.1 Å². The zero-order valence-electron chi connectivity index (χ0n) is 12.4. The van der Waals surface area contributed by atoms with E-state index in [9.17, 15) is 9.18 Å². The van der Waals surface area contributed by atoms with Crippen LogP contribution in [0.1, 0.15) is 29.7 Å². The van der Waals surface area contributed by atoms with Gasteiger partial charge in [0.15, 0.2) is 0 Å². The smallest absolute Gasteiger partial charge is 0.319 e. The number of amides is 2. The van der Waals surface area contributed by atoms with Gasteiger partial charge in [-0.2, -0.15) is 5.26 Å². The molecule has 0 radical (unpaired) electrons. The zero-order chi connectivity index (χ0) is 16.1. The summed E-state index contributed by atoms with van der Waals surface area (Å²) >= 11 is 0. The van der Waals surface area contributed by atoms with E-state index in [4.69, 9.17) is 5.26 Å². The highest BCUT2D eigenvalue weighted by molar-refractivity contribution is 5.91. The molecule has 2 rings (SSSR count). The topological polar surface area (TPSA) is 64.9 Å². The SMILES string of the molecule is Cc1ccc(C(C)NC(=O)Nc2ccc(F)cc2C#N)cc1. The van der Waals surface area contributed by atoms with Crippen molar-refractivity contribution in [2.45, 2.75) is 19.9 Å². The molecule has 0 spiro atoms. The molecule has 22 heavy (non-hydrogen) atoms. The highest BCUT2D eigenvalue weighted by Crippen LogP contribution is 2.17. The van der Waals surface area contributed by atoms with E-state index in [2.05, 4.69) is 10.6 Å². The van der Waals surface area contributed by atoms with Crippen LogP contribution in [0.2, 0.25) is 0 Å². The standard InChI is InChI=1S/C17H16FN3O/c1-11-3-5-13(6-4-11)12(2)20-17(22)21-16-8-7-15(18)9-14(16)10-19/h3-9,12H,1-2H3,(H2,20,21,22). The first kappa shape index (κ1) is 15.5. The van der Waals surface area contributed by atoms with E-state index in [1.54, 1.807) is 0 Å². The fourth-order valence-corrected chi connectivity index (χ4v) is 2.01. The Kier molecular flexibility index (Phi) is 4.74. The second-order valence-electron chi connectivity index (χ2n) is 5.03. The maximum atomic E-state index is 13.1. The number of carbonyl (C=O) groups excluding carboxylic acids is 1. The average Bonchev–Trinajstić information content (AvgIpc) is 2.49. The fourth-order valence-electron chi connectivity index (χ4n) is 2.01. The lowest BCUT2D eigenvalue weighted by Gasteiger charge is -2.15. The predicted molar refractivity (Wildman–Crippen MR) is 82.9 cm³/mol. The molecular weight excluding hydrogens is 281 g/mol. The molecular formula is C17H16FN3O. The number of halogens is 1. The van der Waals surface area contributed by atoms with Gasteiger partial charge in [0, 0.05) is 0 Å². The van der Waals surface area contributed by atoms with Gasteiger partial charge in [-0.05, 0) is 37.6 Å². The molecule has 5 heteroatoms. The summed E-state index contributed by atoms with van der Waals surface area (Å²) in [4.78, 5) is 12.0. The molecule has 0 fully saturated rings. The van der Waals surface area contributed by atoms with Crippen molar-refractivity contribution in [3.05, 3.63) is 65.0 Å². The number of aryl methyl sites for hydroxylation is 1. The first-order chi connectivity index (χ1) is 10.5. The summed E-state index contributed by atoms with van der Waals surface area (Å²) in [5, 5.41) is 14.3. The molecule has 2 aromatic carbocycles. The van der Waals surface area contributed by atoms with E-state index >= 15 is 0 Å². The monoisotopic (exact) mass is 297 g/mol. The summed E-state index contributed by atoms with van der Waals surface area (Å²) in [5.74, 6) is -0.518. The molecule has 0 saturated carbocycles. The molecule has 0 aromatic heterocycles. The van der Waals surface area contributed by atoms with Crippen LogP contribution in [-0.4, -0.2) is 6.03 Å². The Morgan fingerprint density at radius 2 is 1.91 bits per heavy atom. The van der Waals surface area contributed by atoms with Crippen LogP contribution in [-0.2, 0) is 0 Å². The number of benzene rings is 2. The maximum absolute atomic E-state index is 13.1. The number of rotatable bonds is 3. The van der Waals surface area contributed by atoms with Gasteiger partial charge in [-0.1, -0.05) is 29.8 Å². The van der Waals surface area contributed by atoms with Crippen molar-refractivity contribution in [2.75, 3.05) is 5.32 Å². The maximum Gasteiger partial charge on any atom is 0.319 e. The van der Waals surface area contributed by atoms with E-state index in [1.807, 2.05) is 44.2 Å². The van der Waals surface area contributed by atoms with Gasteiger partial charge in [0.1, 0.15) is 11.9 Å². The summed E-state index contributed by atoms with van der Waals surface area (Å²) in [6, 6.07) is 12.7. The average molecular weight is 297 g/mol. The van der Waals surface area contributed by atoms with E-state index < -0.39 is 11.8 Å². The van der Waals surface area contributed by atoms with Gasteiger partial charge in [-0.25, -0.2) is 9.18 Å². The normalized spacial score (nSPS) is 11.4. The van der Waals surface area contributed by atoms with Crippen molar-refractivity contribution in [3.63, 3.8) is 0 Å². The first-order valence-corrected chi connectivity index (χ1v) is 6.83. The highest BCUT2D eigenvalue weighted by Gasteiger charge is 2.11. The molecule has 2 amide bonds. The summed E-state index contributed by atoms with van der Waals surface area (Å²) in [6.45, 7) is 3.85. The van der Waals surface area contributed by atoms with Crippen molar-refractivity contribution >= 4 is 11.7 Å². The Hall–Kier alpha value is -2.87. The van der Waals surface area contributed by atoms with E-state index in [1.165, 1.54) is 12.1 Å². The van der Waals surface area contributed by atoms with Crippen LogP contribution in [0.25, 0.3) is 0 Å². The number of hydrogen-bond acceptors (Lipinski definition) is 2. The van der Waals surface area contributed by atoms with Gasteiger partial charge in [0.05, 0.1) is 17.3 Å². The number of carbonyl (C=O) groups is 1. The molecule has 4 nitrogen and oxygen atoms in total. The number of nitriles is 1. The van der Waals surface area contributed by atoms with Crippen LogP contribution < -0.4 is 10.6 Å². The summed E-state index contributed by atoms with van der Waals surface area (Å²) in [5.41, 5.74) is 2.47. The number of urea groups is 1. The number of hydrogen-bond donors (Lipinski definition) is 2. The minimum Gasteiger partial charge on any atom is -0.331 e. The molecule has 0 heterocycles. The van der Waals surface area contributed by atoms with Gasteiger partial charge >= 0.3 is 6.03 Å². The van der Waals surface area contributed by atoms with Gasteiger partial charge < -0.3 is 10.6 Å². The van der Waals surface area contributed by atoms with Crippen molar-refractivity contribution in [3.8, 4) is 6.07 Å². The second-order valence-corrected chi connectivity index (χ2v) is 5.03. The molecule has 1 atom stereocenters. The highest BCUT2D eigenvalue weighted by atomic mass is 19.1. The largest absolute Gasteiger partial charge is 0.331 e. The molecule has 0 aliphatic heterocycles. The molecule has 2 N–H and O–H groups in total. The van der Waals surface area contributed by atoms with Gasteiger partial charge in [-0.3, -0.25) is 0 Å². The third kappa shape index (κ3) is 3.83. The van der Waals surface area contributed by atoms with Gasteiger partial charge in [0.2, 0.25) is 0 Å². The van der Waals surface area contributed by atoms with E-state index in [0.717, 1.165) is 17.2 Å². The van der Waals surface area contributed by atoms with Crippen molar-refractivity contribution in [1.82, 2.24) is 5.32 Å². The second kappa shape index (κ2) is 6.72. The van der Waals surface area contributed by atoms with Crippen LogP contribution in [0.5, 0.6) is 0 Å². The molecule has 2 aromatic rings. The third-order valence-electron chi connectivity index (χ3n) is 3.28. The van der Waals surface area contributed by atoms with Crippen molar-refractivity contribution in [2.24, 2.45) is 0 Å². The van der Waals surface area contributed by atoms with Crippen LogP contribution >= 0.6 is 0 Å². The van der Waals surface area contributed by atoms with Crippen LogP contribution in [0.15, 0.2) is 42.5 Å². The van der Waals surface area contributed by atoms with E-state index in [0.29, 0.717) is 0 Å². The van der Waals surface area contributed by atoms with Crippen molar-refractivity contribution < 1.29 is 9.18 Å². The lowest BCUT2D eigenvalue weighted by molar-refractivity contribution is 0.249. The Balaban J connectivity index is 2.04. The van der Waals surface area contributed by atoms with Crippen molar-refractivity contribution in [1.29, 1.82) is 5.26 Å². The van der Waals surface area contributed by atoms with Gasteiger partial charge in [-0.15, -0.1) is 0 Å². The third-order valence-corrected chi connectivity index (χ3v) is 3.28. The molecule has 112 valence electrons. The van der Waals surface area contributed by atoms with Crippen LogP contribution in [0.4, 0.5) is 14.9 Å². The minimum absolute atomic E-state index is 0.0816.